The highest BCUT2D eigenvalue weighted by molar-refractivity contribution is 5.79. The average molecular weight is 380 g/mol. The first-order valence-electron chi connectivity index (χ1n) is 11.2. The largest absolute Gasteiger partial charge is 0.369 e. The molecule has 1 saturated heterocycles. The van der Waals surface area contributed by atoms with Crippen molar-refractivity contribution in [2.45, 2.75) is 71.1 Å². The van der Waals surface area contributed by atoms with Crippen LogP contribution in [0.2, 0.25) is 0 Å². The van der Waals surface area contributed by atoms with Gasteiger partial charge in [-0.25, -0.2) is 0 Å². The first-order chi connectivity index (χ1) is 13.2. The van der Waals surface area contributed by atoms with E-state index in [0.717, 1.165) is 70.4 Å². The molecule has 6 nitrogen and oxygen atoms in total. The van der Waals surface area contributed by atoms with E-state index in [0.29, 0.717) is 0 Å². The molecule has 27 heavy (non-hydrogen) atoms. The molecule has 0 spiro atoms. The third kappa shape index (κ3) is 8.96. The molecule has 1 unspecified atom stereocenters. The summed E-state index contributed by atoms with van der Waals surface area (Å²) in [6, 6.07) is 0. The zero-order valence-corrected chi connectivity index (χ0v) is 17.3. The van der Waals surface area contributed by atoms with Crippen LogP contribution in [-0.4, -0.2) is 56.0 Å². The fraction of sp³-hybridized carbons (Fsp3) is 0.905. The van der Waals surface area contributed by atoms with Gasteiger partial charge in [0.2, 0.25) is 5.91 Å². The van der Waals surface area contributed by atoms with Gasteiger partial charge in [0.25, 0.3) is 0 Å². The number of carbonyl (C=O) groups is 1. The number of aliphatic imine (C=N–C) groups is 1. The molecule has 0 aromatic rings. The highest BCUT2D eigenvalue weighted by Gasteiger charge is 2.23. The zero-order valence-electron chi connectivity index (χ0n) is 17.3. The van der Waals surface area contributed by atoms with Crippen LogP contribution in [0.15, 0.2) is 4.99 Å². The highest BCUT2D eigenvalue weighted by atomic mass is 16.1. The molecule has 2 rings (SSSR count). The molecule has 156 valence electrons. The maximum atomic E-state index is 11.4. The predicted molar refractivity (Wildman–Crippen MR) is 113 cm³/mol. The molecule has 0 aromatic heterocycles. The van der Waals surface area contributed by atoms with Crippen LogP contribution in [0.1, 0.15) is 71.1 Å². The minimum absolute atomic E-state index is 0.0328. The summed E-state index contributed by atoms with van der Waals surface area (Å²) in [5.74, 6) is 1.78. The van der Waals surface area contributed by atoms with Gasteiger partial charge in [0.1, 0.15) is 0 Å². The van der Waals surface area contributed by atoms with E-state index in [2.05, 4.69) is 22.5 Å². The fourth-order valence-electron chi connectivity index (χ4n) is 4.39. The smallest absolute Gasteiger partial charge is 0.221 e. The number of nitrogens with zero attached hydrogens (tertiary/aromatic N) is 2. The third-order valence-electron chi connectivity index (χ3n) is 5.96. The van der Waals surface area contributed by atoms with Crippen LogP contribution >= 0.6 is 0 Å². The lowest BCUT2D eigenvalue weighted by Crippen LogP contribution is -2.41. The Balaban J connectivity index is 1.60. The van der Waals surface area contributed by atoms with Gasteiger partial charge in [-0.15, -0.1) is 0 Å². The van der Waals surface area contributed by atoms with E-state index in [9.17, 15) is 4.79 Å². The van der Waals surface area contributed by atoms with Crippen molar-refractivity contribution in [1.82, 2.24) is 15.5 Å². The van der Waals surface area contributed by atoms with E-state index in [-0.39, 0.29) is 11.8 Å². The van der Waals surface area contributed by atoms with E-state index < -0.39 is 0 Å². The molecular weight excluding hydrogens is 338 g/mol. The van der Waals surface area contributed by atoms with Crippen molar-refractivity contribution in [2.75, 3.05) is 39.3 Å². The minimum atomic E-state index is -0.149. The number of hydrogen-bond donors (Lipinski definition) is 3. The van der Waals surface area contributed by atoms with Gasteiger partial charge in [0, 0.05) is 26.2 Å². The number of primary amides is 1. The Bertz CT molecular complexity index is 448. The average Bonchev–Trinajstić information content (AvgIpc) is 2.69. The number of piperidine rings is 1. The van der Waals surface area contributed by atoms with Crippen LogP contribution in [0.5, 0.6) is 0 Å². The highest BCUT2D eigenvalue weighted by Crippen LogP contribution is 2.26. The molecule has 1 amide bonds. The molecule has 0 radical (unpaired) electrons. The molecule has 2 fully saturated rings. The summed E-state index contributed by atoms with van der Waals surface area (Å²) in [5.41, 5.74) is 5.46. The molecule has 1 heterocycles. The Hall–Kier alpha value is -1.30. The summed E-state index contributed by atoms with van der Waals surface area (Å²) in [6.07, 6.45) is 12.8. The maximum absolute atomic E-state index is 11.4. The van der Waals surface area contributed by atoms with Crippen LogP contribution in [0.4, 0.5) is 0 Å². The molecule has 0 bridgehead atoms. The minimum Gasteiger partial charge on any atom is -0.369 e. The second kappa shape index (κ2) is 13.0. The van der Waals surface area contributed by atoms with Crippen LogP contribution in [-0.2, 0) is 4.79 Å². The first-order valence-corrected chi connectivity index (χ1v) is 11.2. The number of carbonyl (C=O) groups excluding carboxylic acids is 1. The number of guanidine groups is 1. The van der Waals surface area contributed by atoms with Crippen LogP contribution < -0.4 is 16.4 Å². The summed E-state index contributed by atoms with van der Waals surface area (Å²) in [6.45, 7) is 7.71. The summed E-state index contributed by atoms with van der Waals surface area (Å²) in [7, 11) is 0. The zero-order chi connectivity index (χ0) is 19.3. The van der Waals surface area contributed by atoms with Crippen molar-refractivity contribution < 1.29 is 4.79 Å². The van der Waals surface area contributed by atoms with Crippen molar-refractivity contribution >= 4 is 11.9 Å². The monoisotopic (exact) mass is 379 g/mol. The van der Waals surface area contributed by atoms with E-state index in [1.807, 2.05) is 0 Å². The van der Waals surface area contributed by atoms with Gasteiger partial charge in [-0.05, 0) is 58.0 Å². The van der Waals surface area contributed by atoms with Crippen LogP contribution in [0.3, 0.4) is 0 Å². The van der Waals surface area contributed by atoms with E-state index in [1.165, 1.54) is 44.9 Å². The van der Waals surface area contributed by atoms with Crippen LogP contribution in [0, 0.1) is 11.8 Å². The fourth-order valence-corrected chi connectivity index (χ4v) is 4.39. The van der Waals surface area contributed by atoms with Gasteiger partial charge < -0.3 is 21.3 Å². The lowest BCUT2D eigenvalue weighted by atomic mass is 9.86. The summed E-state index contributed by atoms with van der Waals surface area (Å²) in [4.78, 5) is 18.4. The molecule has 1 aliphatic heterocycles. The predicted octanol–water partition coefficient (Wildman–Crippen LogP) is 2.49. The normalized spacial score (nSPS) is 22.6. The summed E-state index contributed by atoms with van der Waals surface area (Å²) in [5, 5.41) is 6.83. The second-order valence-corrected chi connectivity index (χ2v) is 8.23. The van der Waals surface area contributed by atoms with Gasteiger partial charge in [0.15, 0.2) is 5.96 Å². The van der Waals surface area contributed by atoms with Gasteiger partial charge in [-0.3, -0.25) is 9.79 Å². The Kier molecular flexibility index (Phi) is 10.6. The van der Waals surface area contributed by atoms with Crippen molar-refractivity contribution in [3.63, 3.8) is 0 Å². The van der Waals surface area contributed by atoms with E-state index in [4.69, 9.17) is 10.7 Å². The van der Waals surface area contributed by atoms with Crippen molar-refractivity contribution in [1.29, 1.82) is 0 Å². The topological polar surface area (TPSA) is 82.8 Å². The molecule has 6 heteroatoms. The quantitative estimate of drug-likeness (QED) is 0.309. The molecule has 2 aliphatic rings. The van der Waals surface area contributed by atoms with Gasteiger partial charge >= 0.3 is 0 Å². The SMILES string of the molecule is CCNC(=NCCCN1CCCC(C(N)=O)C1)NCCCC1CCCCC1. The third-order valence-corrected chi connectivity index (χ3v) is 5.96. The maximum Gasteiger partial charge on any atom is 0.221 e. The van der Waals surface area contributed by atoms with E-state index >= 15 is 0 Å². The van der Waals surface area contributed by atoms with Gasteiger partial charge in [-0.1, -0.05) is 32.1 Å². The number of likely N-dealkylation sites (tertiary alicyclic amines) is 1. The summed E-state index contributed by atoms with van der Waals surface area (Å²) >= 11 is 0. The van der Waals surface area contributed by atoms with E-state index in [1.54, 1.807) is 0 Å². The first kappa shape index (κ1) is 22.0. The molecule has 0 aromatic carbocycles. The number of nitrogens with one attached hydrogen (secondary N) is 2. The molecule has 1 saturated carbocycles. The number of hydrogen-bond acceptors (Lipinski definition) is 3. The lowest BCUT2D eigenvalue weighted by molar-refractivity contribution is -0.123. The van der Waals surface area contributed by atoms with Crippen LogP contribution in [0.25, 0.3) is 0 Å². The Morgan fingerprint density at radius 3 is 2.67 bits per heavy atom. The lowest BCUT2D eigenvalue weighted by Gasteiger charge is -2.30. The Labute approximate surface area is 165 Å². The van der Waals surface area contributed by atoms with Gasteiger partial charge in [0.05, 0.1) is 5.92 Å². The van der Waals surface area contributed by atoms with Crippen molar-refractivity contribution in [3.05, 3.63) is 0 Å². The molecule has 1 aliphatic carbocycles. The standard InChI is InChI=1S/C21H41N5O/c1-2-23-21(24-13-6-11-18-9-4-3-5-10-18)25-14-8-16-26-15-7-12-19(17-26)20(22)27/h18-19H,2-17H2,1H3,(H2,22,27)(H2,23,24,25). The Morgan fingerprint density at radius 1 is 1.11 bits per heavy atom. The van der Waals surface area contributed by atoms with Crippen molar-refractivity contribution in [3.8, 4) is 0 Å². The number of nitrogens with two attached hydrogens (primary N) is 1. The number of rotatable bonds is 10. The molecule has 4 N–H and O–H groups in total. The second-order valence-electron chi connectivity index (χ2n) is 8.23. The number of amides is 1. The molecular formula is C21H41N5O. The van der Waals surface area contributed by atoms with Gasteiger partial charge in [-0.2, -0.15) is 0 Å². The molecule has 1 atom stereocenters. The Morgan fingerprint density at radius 2 is 1.93 bits per heavy atom. The van der Waals surface area contributed by atoms with Crippen molar-refractivity contribution in [2.24, 2.45) is 22.6 Å². The summed E-state index contributed by atoms with van der Waals surface area (Å²) < 4.78 is 0.